The van der Waals surface area contributed by atoms with Gasteiger partial charge in [-0.3, -0.25) is 0 Å². The Balaban J connectivity index is 1.37. The SMILES string of the molecule is Cc1cc(OCCOc2cccc(/C=C3/N=C(c4ccccc4)OC3=O)c2)ccc1Cl. The van der Waals surface area contributed by atoms with E-state index >= 15 is 0 Å². The lowest BCUT2D eigenvalue weighted by Gasteiger charge is -2.10. The van der Waals surface area contributed by atoms with Crippen LogP contribution in [0.1, 0.15) is 16.7 Å². The zero-order valence-electron chi connectivity index (χ0n) is 16.9. The Kier molecular flexibility index (Phi) is 6.34. The van der Waals surface area contributed by atoms with Gasteiger partial charge >= 0.3 is 5.97 Å². The number of hydrogen-bond acceptors (Lipinski definition) is 5. The molecule has 31 heavy (non-hydrogen) atoms. The van der Waals surface area contributed by atoms with Gasteiger partial charge in [-0.25, -0.2) is 9.79 Å². The molecule has 0 aliphatic carbocycles. The van der Waals surface area contributed by atoms with E-state index in [-0.39, 0.29) is 5.70 Å². The maximum absolute atomic E-state index is 12.2. The average Bonchev–Trinajstić information content (AvgIpc) is 3.15. The summed E-state index contributed by atoms with van der Waals surface area (Å²) in [7, 11) is 0. The van der Waals surface area contributed by atoms with E-state index in [1.807, 2.05) is 79.7 Å². The summed E-state index contributed by atoms with van der Waals surface area (Å²) in [6.07, 6.45) is 1.68. The molecule has 0 saturated heterocycles. The first-order chi connectivity index (χ1) is 15.1. The molecule has 0 atom stereocenters. The van der Waals surface area contributed by atoms with Crippen LogP contribution in [0.25, 0.3) is 6.08 Å². The molecule has 0 saturated carbocycles. The highest BCUT2D eigenvalue weighted by Crippen LogP contribution is 2.22. The van der Waals surface area contributed by atoms with Crippen LogP contribution < -0.4 is 9.47 Å². The van der Waals surface area contributed by atoms with E-state index in [1.165, 1.54) is 0 Å². The van der Waals surface area contributed by atoms with Crippen LogP contribution in [-0.4, -0.2) is 25.1 Å². The van der Waals surface area contributed by atoms with Gasteiger partial charge in [0.2, 0.25) is 5.90 Å². The van der Waals surface area contributed by atoms with Gasteiger partial charge in [0, 0.05) is 10.6 Å². The predicted octanol–water partition coefficient (Wildman–Crippen LogP) is 5.45. The van der Waals surface area contributed by atoms with Crippen LogP contribution in [0.4, 0.5) is 0 Å². The molecule has 0 fully saturated rings. The van der Waals surface area contributed by atoms with Crippen molar-refractivity contribution in [3.8, 4) is 11.5 Å². The smallest absolute Gasteiger partial charge is 0.363 e. The minimum atomic E-state index is -0.475. The zero-order chi connectivity index (χ0) is 21.6. The third-order valence-electron chi connectivity index (χ3n) is 4.55. The number of benzene rings is 3. The van der Waals surface area contributed by atoms with Crippen LogP contribution in [0.3, 0.4) is 0 Å². The summed E-state index contributed by atoms with van der Waals surface area (Å²) >= 11 is 6.02. The second-order valence-corrected chi connectivity index (χ2v) is 7.29. The summed E-state index contributed by atoms with van der Waals surface area (Å²) in [6, 6.07) is 22.2. The second kappa shape index (κ2) is 9.49. The summed E-state index contributed by atoms with van der Waals surface area (Å²) in [5, 5.41) is 0.709. The van der Waals surface area contributed by atoms with E-state index < -0.39 is 5.97 Å². The van der Waals surface area contributed by atoms with Gasteiger partial charge in [0.05, 0.1) is 0 Å². The van der Waals surface area contributed by atoms with Crippen molar-refractivity contribution >= 4 is 29.5 Å². The normalized spacial score (nSPS) is 14.3. The molecule has 5 nitrogen and oxygen atoms in total. The number of aryl methyl sites for hydroxylation is 1. The molecular weight excluding hydrogens is 414 g/mol. The van der Waals surface area contributed by atoms with E-state index in [0.717, 1.165) is 22.4 Å². The maximum Gasteiger partial charge on any atom is 0.363 e. The quantitative estimate of drug-likeness (QED) is 0.282. The summed E-state index contributed by atoms with van der Waals surface area (Å²) in [5.74, 6) is 1.25. The molecule has 4 rings (SSSR count). The second-order valence-electron chi connectivity index (χ2n) is 6.88. The van der Waals surface area contributed by atoms with Crippen molar-refractivity contribution in [2.75, 3.05) is 13.2 Å². The number of esters is 1. The van der Waals surface area contributed by atoms with Crippen molar-refractivity contribution < 1.29 is 19.0 Å². The predicted molar refractivity (Wildman–Crippen MR) is 121 cm³/mol. The van der Waals surface area contributed by atoms with E-state index in [2.05, 4.69) is 4.99 Å². The van der Waals surface area contributed by atoms with E-state index in [9.17, 15) is 4.79 Å². The Morgan fingerprint density at radius 2 is 1.68 bits per heavy atom. The van der Waals surface area contributed by atoms with Crippen molar-refractivity contribution in [3.05, 3.63) is 100 Å². The average molecular weight is 434 g/mol. The maximum atomic E-state index is 12.2. The van der Waals surface area contributed by atoms with Crippen LogP contribution in [0, 0.1) is 6.92 Å². The van der Waals surface area contributed by atoms with Gasteiger partial charge in [0.15, 0.2) is 5.70 Å². The largest absolute Gasteiger partial charge is 0.490 e. The summed E-state index contributed by atoms with van der Waals surface area (Å²) < 4.78 is 16.8. The number of aliphatic imine (C=N–C) groups is 1. The van der Waals surface area contributed by atoms with Crippen LogP contribution in [-0.2, 0) is 9.53 Å². The molecule has 1 aliphatic rings. The zero-order valence-corrected chi connectivity index (χ0v) is 17.6. The Bertz CT molecular complexity index is 1160. The summed E-state index contributed by atoms with van der Waals surface area (Å²) in [4.78, 5) is 16.5. The van der Waals surface area contributed by atoms with E-state index in [1.54, 1.807) is 6.08 Å². The first-order valence-electron chi connectivity index (χ1n) is 9.78. The Morgan fingerprint density at radius 1 is 0.935 bits per heavy atom. The first kappa shape index (κ1) is 20.7. The lowest BCUT2D eigenvalue weighted by atomic mass is 10.2. The number of nitrogens with zero attached hydrogens (tertiary/aromatic N) is 1. The highest BCUT2D eigenvalue weighted by atomic mass is 35.5. The number of hydrogen-bond donors (Lipinski definition) is 0. The van der Waals surface area contributed by atoms with Gasteiger partial charge in [0.1, 0.15) is 24.7 Å². The van der Waals surface area contributed by atoms with Gasteiger partial charge in [-0.2, -0.15) is 0 Å². The fourth-order valence-corrected chi connectivity index (χ4v) is 3.11. The molecule has 1 aliphatic heterocycles. The Labute approximate surface area is 185 Å². The van der Waals surface area contributed by atoms with Crippen molar-refractivity contribution in [1.82, 2.24) is 0 Å². The molecule has 0 spiro atoms. The molecule has 156 valence electrons. The minimum absolute atomic E-state index is 0.248. The number of carbonyl (C=O) groups is 1. The lowest BCUT2D eigenvalue weighted by Crippen LogP contribution is -2.09. The number of carbonyl (C=O) groups excluding carboxylic acids is 1. The van der Waals surface area contributed by atoms with Crippen molar-refractivity contribution in [2.45, 2.75) is 6.92 Å². The molecule has 3 aromatic rings. The summed E-state index contributed by atoms with van der Waals surface area (Å²) in [6.45, 7) is 2.70. The van der Waals surface area contributed by atoms with Crippen molar-refractivity contribution in [2.24, 2.45) is 4.99 Å². The van der Waals surface area contributed by atoms with Gasteiger partial charge in [-0.15, -0.1) is 0 Å². The molecule has 0 amide bonds. The highest BCUT2D eigenvalue weighted by Gasteiger charge is 2.23. The lowest BCUT2D eigenvalue weighted by molar-refractivity contribution is -0.129. The number of rotatable bonds is 7. The highest BCUT2D eigenvalue weighted by molar-refractivity contribution is 6.31. The van der Waals surface area contributed by atoms with Crippen LogP contribution >= 0.6 is 11.6 Å². The van der Waals surface area contributed by atoms with Gasteiger partial charge < -0.3 is 14.2 Å². The molecular formula is C25H20ClNO4. The van der Waals surface area contributed by atoms with Crippen LogP contribution in [0.2, 0.25) is 5.02 Å². The third kappa shape index (κ3) is 5.32. The molecule has 0 radical (unpaired) electrons. The number of ether oxygens (including phenoxy) is 3. The molecule has 0 N–H and O–H groups in total. The van der Waals surface area contributed by atoms with E-state index in [4.69, 9.17) is 25.8 Å². The minimum Gasteiger partial charge on any atom is -0.490 e. The van der Waals surface area contributed by atoms with Crippen LogP contribution in [0.15, 0.2) is 83.5 Å². The molecule has 3 aromatic carbocycles. The molecule has 0 bridgehead atoms. The third-order valence-corrected chi connectivity index (χ3v) is 4.98. The van der Waals surface area contributed by atoms with Gasteiger partial charge in [-0.1, -0.05) is 41.9 Å². The fourth-order valence-electron chi connectivity index (χ4n) is 2.99. The monoisotopic (exact) mass is 433 g/mol. The van der Waals surface area contributed by atoms with Crippen molar-refractivity contribution in [1.29, 1.82) is 0 Å². The van der Waals surface area contributed by atoms with Crippen LogP contribution in [0.5, 0.6) is 11.5 Å². The number of cyclic esters (lactones) is 1. The molecule has 6 heteroatoms. The van der Waals surface area contributed by atoms with Crippen molar-refractivity contribution in [3.63, 3.8) is 0 Å². The molecule has 0 aromatic heterocycles. The topological polar surface area (TPSA) is 57.1 Å². The number of halogens is 1. The first-order valence-corrected chi connectivity index (χ1v) is 10.2. The fraction of sp³-hybridized carbons (Fsp3) is 0.120. The Morgan fingerprint density at radius 3 is 2.42 bits per heavy atom. The molecule has 0 unspecified atom stereocenters. The van der Waals surface area contributed by atoms with E-state index in [0.29, 0.717) is 29.9 Å². The van der Waals surface area contributed by atoms with Gasteiger partial charge in [-0.05, 0) is 66.6 Å². The standard InChI is InChI=1S/C25H20ClNO4/c1-17-14-21(10-11-22(17)26)30-13-12-29-20-9-5-6-18(15-20)16-23-25(28)31-24(27-23)19-7-3-2-4-8-19/h2-11,14-16H,12-13H2,1H3/b23-16+. The van der Waals surface area contributed by atoms with Gasteiger partial charge in [0.25, 0.3) is 0 Å². The molecule has 1 heterocycles. The Hall–Kier alpha value is -3.57. The summed E-state index contributed by atoms with van der Waals surface area (Å²) in [5.41, 5.74) is 2.76.